The number of benzene rings is 1. The minimum Gasteiger partial charge on any atom is -0.490 e. The summed E-state index contributed by atoms with van der Waals surface area (Å²) in [5.41, 5.74) is 6.30. The lowest BCUT2D eigenvalue weighted by atomic mass is 10.2. The molecule has 1 saturated carbocycles. The van der Waals surface area contributed by atoms with Crippen molar-refractivity contribution in [2.24, 2.45) is 5.73 Å². The van der Waals surface area contributed by atoms with Gasteiger partial charge in [0.25, 0.3) is 0 Å². The van der Waals surface area contributed by atoms with Crippen molar-refractivity contribution in [1.29, 1.82) is 0 Å². The molecule has 0 radical (unpaired) electrons. The number of nitrogens with two attached hydrogens (primary N) is 1. The minimum absolute atomic E-state index is 0.276. The van der Waals surface area contributed by atoms with Crippen LogP contribution < -0.4 is 15.8 Å². The van der Waals surface area contributed by atoms with Gasteiger partial charge >= 0.3 is 0 Å². The number of nitrogens with one attached hydrogen (secondary N) is 1. The monoisotopic (exact) mass is 236 g/mol. The predicted molar refractivity (Wildman–Crippen MR) is 69.7 cm³/mol. The van der Waals surface area contributed by atoms with Crippen molar-refractivity contribution in [3.05, 3.63) is 24.3 Å². The summed E-state index contributed by atoms with van der Waals surface area (Å²) in [4.78, 5) is 0. The highest BCUT2D eigenvalue weighted by Crippen LogP contribution is 2.25. The third-order valence-electron chi connectivity index (χ3n) is 2.71. The Kier molecular flexibility index (Phi) is 3.62. The van der Waals surface area contributed by atoms with Crippen molar-refractivity contribution < 1.29 is 4.74 Å². The van der Waals surface area contributed by atoms with E-state index in [1.54, 1.807) is 0 Å². The highest BCUT2D eigenvalue weighted by atomic mass is 32.1. The lowest BCUT2D eigenvalue weighted by Gasteiger charge is -2.14. The Morgan fingerprint density at radius 3 is 2.81 bits per heavy atom. The van der Waals surface area contributed by atoms with Crippen LogP contribution in [0.15, 0.2) is 24.3 Å². The predicted octanol–water partition coefficient (Wildman–Crippen LogP) is 2.66. The van der Waals surface area contributed by atoms with Crippen LogP contribution in [0.25, 0.3) is 0 Å². The SMILES string of the molecule is NC(=S)Nc1cccc(OC2CCCC2)c1. The van der Waals surface area contributed by atoms with Gasteiger partial charge in [-0.15, -0.1) is 0 Å². The summed E-state index contributed by atoms with van der Waals surface area (Å²) in [5, 5.41) is 3.18. The van der Waals surface area contributed by atoms with Gasteiger partial charge in [0.15, 0.2) is 5.11 Å². The fraction of sp³-hybridized carbons (Fsp3) is 0.417. The molecule has 0 spiro atoms. The van der Waals surface area contributed by atoms with Crippen molar-refractivity contribution in [3.8, 4) is 5.75 Å². The maximum absolute atomic E-state index is 5.87. The molecular weight excluding hydrogens is 220 g/mol. The first-order chi connectivity index (χ1) is 7.74. The van der Waals surface area contributed by atoms with Crippen molar-refractivity contribution in [2.45, 2.75) is 31.8 Å². The zero-order valence-corrected chi connectivity index (χ0v) is 9.93. The molecule has 0 atom stereocenters. The van der Waals surface area contributed by atoms with Crippen LogP contribution in [-0.4, -0.2) is 11.2 Å². The first-order valence-electron chi connectivity index (χ1n) is 5.57. The number of thiocarbonyl (C=S) groups is 1. The average Bonchev–Trinajstić information content (AvgIpc) is 2.70. The maximum Gasteiger partial charge on any atom is 0.168 e. The zero-order valence-electron chi connectivity index (χ0n) is 9.11. The van der Waals surface area contributed by atoms with E-state index in [0.29, 0.717) is 6.10 Å². The van der Waals surface area contributed by atoms with Gasteiger partial charge in [0, 0.05) is 11.8 Å². The van der Waals surface area contributed by atoms with Gasteiger partial charge in [-0.1, -0.05) is 6.07 Å². The van der Waals surface area contributed by atoms with Gasteiger partial charge in [0.2, 0.25) is 0 Å². The van der Waals surface area contributed by atoms with Gasteiger partial charge in [-0.2, -0.15) is 0 Å². The van der Waals surface area contributed by atoms with E-state index in [-0.39, 0.29) is 5.11 Å². The van der Waals surface area contributed by atoms with E-state index in [0.717, 1.165) is 24.3 Å². The molecule has 16 heavy (non-hydrogen) atoms. The summed E-state index contributed by atoms with van der Waals surface area (Å²) in [6, 6.07) is 7.74. The smallest absolute Gasteiger partial charge is 0.168 e. The Bertz CT molecular complexity index is 375. The van der Waals surface area contributed by atoms with Crippen LogP contribution in [0, 0.1) is 0 Å². The summed E-state index contributed by atoms with van der Waals surface area (Å²) < 4.78 is 5.87. The Morgan fingerprint density at radius 2 is 2.12 bits per heavy atom. The van der Waals surface area contributed by atoms with Gasteiger partial charge in [-0.3, -0.25) is 0 Å². The van der Waals surface area contributed by atoms with E-state index in [2.05, 4.69) is 5.32 Å². The molecule has 0 saturated heterocycles. The first-order valence-corrected chi connectivity index (χ1v) is 5.98. The molecule has 0 bridgehead atoms. The minimum atomic E-state index is 0.276. The summed E-state index contributed by atoms with van der Waals surface area (Å²) in [7, 11) is 0. The van der Waals surface area contributed by atoms with E-state index >= 15 is 0 Å². The molecule has 1 aliphatic rings. The molecule has 1 aromatic rings. The normalized spacial score (nSPS) is 16.0. The van der Waals surface area contributed by atoms with Gasteiger partial charge < -0.3 is 15.8 Å². The maximum atomic E-state index is 5.87. The third kappa shape index (κ3) is 3.10. The van der Waals surface area contributed by atoms with Crippen LogP contribution in [0.3, 0.4) is 0 Å². The van der Waals surface area contributed by atoms with Gasteiger partial charge in [-0.25, -0.2) is 0 Å². The molecule has 3 nitrogen and oxygen atoms in total. The quantitative estimate of drug-likeness (QED) is 0.792. The number of anilines is 1. The van der Waals surface area contributed by atoms with Crippen LogP contribution in [0.1, 0.15) is 25.7 Å². The topological polar surface area (TPSA) is 47.3 Å². The second-order valence-corrected chi connectivity index (χ2v) is 4.48. The highest BCUT2D eigenvalue weighted by molar-refractivity contribution is 7.80. The van der Waals surface area contributed by atoms with Gasteiger partial charge in [-0.05, 0) is 50.0 Å². The Labute approximate surface area is 101 Å². The van der Waals surface area contributed by atoms with Crippen LogP contribution >= 0.6 is 12.2 Å². The van der Waals surface area contributed by atoms with Crippen molar-refractivity contribution in [3.63, 3.8) is 0 Å². The molecule has 0 amide bonds. The molecular formula is C12H16N2OS. The lowest BCUT2D eigenvalue weighted by Crippen LogP contribution is -2.19. The number of ether oxygens (including phenoxy) is 1. The summed E-state index contributed by atoms with van der Waals surface area (Å²) >= 11 is 4.79. The molecule has 0 aliphatic heterocycles. The Balaban J connectivity index is 2.00. The molecule has 1 fully saturated rings. The highest BCUT2D eigenvalue weighted by Gasteiger charge is 2.16. The summed E-state index contributed by atoms with van der Waals surface area (Å²) in [5.74, 6) is 0.883. The second-order valence-electron chi connectivity index (χ2n) is 4.04. The van der Waals surface area contributed by atoms with E-state index in [9.17, 15) is 0 Å². The Morgan fingerprint density at radius 1 is 1.38 bits per heavy atom. The lowest BCUT2D eigenvalue weighted by molar-refractivity contribution is 0.210. The molecule has 4 heteroatoms. The van der Waals surface area contributed by atoms with E-state index in [1.165, 1.54) is 12.8 Å². The first kappa shape index (κ1) is 11.2. The molecule has 3 N–H and O–H groups in total. The van der Waals surface area contributed by atoms with E-state index < -0.39 is 0 Å². The molecule has 86 valence electrons. The van der Waals surface area contributed by atoms with Crippen molar-refractivity contribution in [2.75, 3.05) is 5.32 Å². The fourth-order valence-corrected chi connectivity index (χ4v) is 2.11. The zero-order chi connectivity index (χ0) is 11.4. The molecule has 1 aromatic carbocycles. The third-order valence-corrected chi connectivity index (χ3v) is 2.81. The second kappa shape index (κ2) is 5.16. The van der Waals surface area contributed by atoms with E-state index in [1.807, 2.05) is 24.3 Å². The van der Waals surface area contributed by atoms with Crippen LogP contribution in [0.2, 0.25) is 0 Å². The molecule has 0 unspecified atom stereocenters. The van der Waals surface area contributed by atoms with E-state index in [4.69, 9.17) is 22.7 Å². The summed E-state index contributed by atoms with van der Waals surface area (Å²) in [6.07, 6.45) is 5.24. The van der Waals surface area contributed by atoms with Crippen LogP contribution in [0.4, 0.5) is 5.69 Å². The largest absolute Gasteiger partial charge is 0.490 e. The summed E-state index contributed by atoms with van der Waals surface area (Å²) in [6.45, 7) is 0. The standard InChI is InChI=1S/C12H16N2OS/c13-12(16)14-9-4-3-7-11(8-9)15-10-5-1-2-6-10/h3-4,7-8,10H,1-2,5-6H2,(H3,13,14,16). The molecule has 0 heterocycles. The number of hydrogen-bond donors (Lipinski definition) is 2. The molecule has 1 aliphatic carbocycles. The van der Waals surface area contributed by atoms with Crippen molar-refractivity contribution >= 4 is 23.0 Å². The average molecular weight is 236 g/mol. The van der Waals surface area contributed by atoms with Gasteiger partial charge in [0.1, 0.15) is 5.75 Å². The van der Waals surface area contributed by atoms with Crippen LogP contribution in [-0.2, 0) is 0 Å². The molecule has 0 aromatic heterocycles. The molecule has 2 rings (SSSR count). The van der Waals surface area contributed by atoms with Gasteiger partial charge in [0.05, 0.1) is 6.10 Å². The van der Waals surface area contributed by atoms with Crippen LogP contribution in [0.5, 0.6) is 5.75 Å². The number of hydrogen-bond acceptors (Lipinski definition) is 2. The van der Waals surface area contributed by atoms with Crippen molar-refractivity contribution in [1.82, 2.24) is 0 Å². The fourth-order valence-electron chi connectivity index (χ4n) is 1.99. The Hall–Kier alpha value is -1.29. The number of rotatable bonds is 3.